The average Bonchev–Trinajstić information content (AvgIpc) is 2.07. The van der Waals surface area contributed by atoms with Crippen molar-refractivity contribution in [1.82, 2.24) is 4.98 Å². The first kappa shape index (κ1) is 10.3. The van der Waals surface area contributed by atoms with Crippen LogP contribution in [0.3, 0.4) is 0 Å². The summed E-state index contributed by atoms with van der Waals surface area (Å²) in [7, 11) is 0. The molecule has 0 aliphatic carbocycles. The van der Waals surface area contributed by atoms with Gasteiger partial charge in [0.15, 0.2) is 5.69 Å². The standard InChI is InChI=1S/C7H5F3N2O2/c8-5(9)2-1-3(11)4(7(13)14)12-6(2)10/h1,5H,11H2,(H,13,14). The van der Waals surface area contributed by atoms with Crippen molar-refractivity contribution >= 4 is 11.7 Å². The first-order chi connectivity index (χ1) is 6.43. The van der Waals surface area contributed by atoms with E-state index < -0.39 is 35.3 Å². The van der Waals surface area contributed by atoms with Crippen LogP contribution in [0.2, 0.25) is 0 Å². The number of hydrogen-bond acceptors (Lipinski definition) is 3. The number of rotatable bonds is 2. The molecule has 0 aromatic carbocycles. The number of nitrogens with two attached hydrogens (primary N) is 1. The number of pyridine rings is 1. The minimum Gasteiger partial charge on any atom is -0.476 e. The average molecular weight is 206 g/mol. The van der Waals surface area contributed by atoms with Crippen molar-refractivity contribution in [2.45, 2.75) is 6.43 Å². The van der Waals surface area contributed by atoms with Crippen molar-refractivity contribution in [3.05, 3.63) is 23.3 Å². The summed E-state index contributed by atoms with van der Waals surface area (Å²) in [6.45, 7) is 0. The molecule has 0 atom stereocenters. The Hall–Kier alpha value is -1.79. The van der Waals surface area contributed by atoms with Crippen LogP contribution in [-0.4, -0.2) is 16.1 Å². The zero-order valence-electron chi connectivity index (χ0n) is 6.67. The molecular weight excluding hydrogens is 201 g/mol. The predicted octanol–water partition coefficient (Wildman–Crippen LogP) is 1.44. The fraction of sp³-hybridized carbons (Fsp3) is 0.143. The van der Waals surface area contributed by atoms with E-state index >= 15 is 0 Å². The second kappa shape index (κ2) is 3.52. The van der Waals surface area contributed by atoms with Crippen LogP contribution in [0.1, 0.15) is 22.5 Å². The number of aromatic nitrogens is 1. The molecule has 1 heterocycles. The minimum absolute atomic E-state index is 0.491. The third-order valence-corrected chi connectivity index (χ3v) is 1.47. The Labute approximate surface area is 76.2 Å². The zero-order valence-corrected chi connectivity index (χ0v) is 6.67. The Balaban J connectivity index is 3.31. The van der Waals surface area contributed by atoms with E-state index in [4.69, 9.17) is 10.8 Å². The lowest BCUT2D eigenvalue weighted by molar-refractivity contribution is 0.0689. The summed E-state index contributed by atoms with van der Waals surface area (Å²) < 4.78 is 36.8. The van der Waals surface area contributed by atoms with Gasteiger partial charge in [0.2, 0.25) is 5.95 Å². The molecule has 0 unspecified atom stereocenters. The molecule has 14 heavy (non-hydrogen) atoms. The van der Waals surface area contributed by atoms with Gasteiger partial charge >= 0.3 is 5.97 Å². The van der Waals surface area contributed by atoms with E-state index in [1.165, 1.54) is 0 Å². The van der Waals surface area contributed by atoms with Crippen LogP contribution in [0, 0.1) is 5.95 Å². The van der Waals surface area contributed by atoms with Crippen LogP contribution in [0.15, 0.2) is 6.07 Å². The molecule has 0 amide bonds. The third-order valence-electron chi connectivity index (χ3n) is 1.47. The molecule has 1 rings (SSSR count). The number of nitrogens with zero attached hydrogens (tertiary/aromatic N) is 1. The summed E-state index contributed by atoms with van der Waals surface area (Å²) in [5.41, 5.74) is 2.82. The summed E-state index contributed by atoms with van der Waals surface area (Å²) >= 11 is 0. The molecule has 4 nitrogen and oxygen atoms in total. The van der Waals surface area contributed by atoms with Gasteiger partial charge in [-0.25, -0.2) is 18.6 Å². The smallest absolute Gasteiger partial charge is 0.356 e. The SMILES string of the molecule is Nc1cc(C(F)F)c(F)nc1C(=O)O. The fourth-order valence-corrected chi connectivity index (χ4v) is 0.847. The number of anilines is 1. The maximum atomic E-state index is 12.7. The van der Waals surface area contributed by atoms with Crippen LogP contribution < -0.4 is 5.73 Å². The number of aromatic carboxylic acids is 1. The molecule has 0 bridgehead atoms. The number of nitrogen functional groups attached to an aromatic ring is 1. The highest BCUT2D eigenvalue weighted by Crippen LogP contribution is 2.24. The maximum absolute atomic E-state index is 12.7. The van der Waals surface area contributed by atoms with Crippen LogP contribution in [0.25, 0.3) is 0 Å². The highest BCUT2D eigenvalue weighted by molar-refractivity contribution is 5.91. The molecule has 1 aromatic rings. The quantitative estimate of drug-likeness (QED) is 0.717. The van der Waals surface area contributed by atoms with Crippen molar-refractivity contribution in [3.63, 3.8) is 0 Å². The second-order valence-electron chi connectivity index (χ2n) is 2.41. The van der Waals surface area contributed by atoms with Gasteiger partial charge in [0.1, 0.15) is 0 Å². The van der Waals surface area contributed by atoms with Gasteiger partial charge in [-0.1, -0.05) is 0 Å². The van der Waals surface area contributed by atoms with E-state index in [9.17, 15) is 18.0 Å². The lowest BCUT2D eigenvalue weighted by atomic mass is 10.2. The fourth-order valence-electron chi connectivity index (χ4n) is 0.847. The molecule has 3 N–H and O–H groups in total. The molecular formula is C7H5F3N2O2. The zero-order chi connectivity index (χ0) is 10.9. The van der Waals surface area contributed by atoms with Gasteiger partial charge in [-0.05, 0) is 6.07 Å². The summed E-state index contributed by atoms with van der Waals surface area (Å²) in [6, 6.07) is 0.566. The summed E-state index contributed by atoms with van der Waals surface area (Å²) in [4.78, 5) is 13.2. The van der Waals surface area contributed by atoms with E-state index in [1.54, 1.807) is 0 Å². The number of carboxylic acids is 1. The summed E-state index contributed by atoms with van der Waals surface area (Å²) in [5.74, 6) is -3.09. The summed E-state index contributed by atoms with van der Waals surface area (Å²) in [6.07, 6.45) is -3.08. The lowest BCUT2D eigenvalue weighted by Gasteiger charge is -2.04. The van der Waals surface area contributed by atoms with E-state index in [0.29, 0.717) is 6.07 Å². The van der Waals surface area contributed by atoms with Gasteiger partial charge in [-0.15, -0.1) is 0 Å². The van der Waals surface area contributed by atoms with Crippen molar-refractivity contribution in [2.24, 2.45) is 0 Å². The van der Waals surface area contributed by atoms with Crippen LogP contribution in [0.4, 0.5) is 18.9 Å². The normalized spacial score (nSPS) is 10.6. The molecule has 0 fully saturated rings. The number of hydrogen-bond donors (Lipinski definition) is 2. The van der Waals surface area contributed by atoms with Gasteiger partial charge < -0.3 is 10.8 Å². The van der Waals surface area contributed by atoms with Crippen molar-refractivity contribution in [2.75, 3.05) is 5.73 Å². The Bertz CT molecular complexity index is 381. The molecule has 0 aliphatic rings. The van der Waals surface area contributed by atoms with Crippen LogP contribution in [-0.2, 0) is 0 Å². The molecule has 0 saturated heterocycles. The Kier molecular flexibility index (Phi) is 2.59. The van der Waals surface area contributed by atoms with E-state index in [-0.39, 0.29) is 0 Å². The van der Waals surface area contributed by atoms with Crippen molar-refractivity contribution < 1.29 is 23.1 Å². The molecule has 7 heteroatoms. The van der Waals surface area contributed by atoms with E-state index in [1.807, 2.05) is 0 Å². The monoisotopic (exact) mass is 206 g/mol. The van der Waals surface area contributed by atoms with Gasteiger partial charge in [0.25, 0.3) is 6.43 Å². The summed E-state index contributed by atoms with van der Waals surface area (Å²) in [5, 5.41) is 8.42. The minimum atomic E-state index is -3.08. The van der Waals surface area contributed by atoms with Crippen molar-refractivity contribution in [3.8, 4) is 0 Å². The van der Waals surface area contributed by atoms with Gasteiger partial charge in [0.05, 0.1) is 11.3 Å². The van der Waals surface area contributed by atoms with E-state index in [0.717, 1.165) is 0 Å². The topological polar surface area (TPSA) is 76.2 Å². The molecule has 0 aliphatic heterocycles. The number of carbonyl (C=O) groups is 1. The highest BCUT2D eigenvalue weighted by atomic mass is 19.3. The highest BCUT2D eigenvalue weighted by Gasteiger charge is 2.20. The first-order valence-electron chi connectivity index (χ1n) is 3.41. The van der Waals surface area contributed by atoms with Gasteiger partial charge in [-0.2, -0.15) is 4.39 Å². The Morgan fingerprint density at radius 1 is 1.57 bits per heavy atom. The van der Waals surface area contributed by atoms with Crippen molar-refractivity contribution in [1.29, 1.82) is 0 Å². The molecule has 0 spiro atoms. The second-order valence-corrected chi connectivity index (χ2v) is 2.41. The van der Waals surface area contributed by atoms with Crippen LogP contribution >= 0.6 is 0 Å². The Morgan fingerprint density at radius 3 is 2.57 bits per heavy atom. The lowest BCUT2D eigenvalue weighted by Crippen LogP contribution is -2.09. The largest absolute Gasteiger partial charge is 0.476 e. The Morgan fingerprint density at radius 2 is 2.14 bits per heavy atom. The molecule has 0 saturated carbocycles. The third kappa shape index (κ3) is 1.76. The molecule has 1 aromatic heterocycles. The maximum Gasteiger partial charge on any atom is 0.356 e. The number of halogens is 3. The van der Waals surface area contributed by atoms with Gasteiger partial charge in [0, 0.05) is 0 Å². The molecule has 0 radical (unpaired) electrons. The number of alkyl halides is 2. The number of carboxylic acid groups (broad SMARTS) is 1. The molecule has 76 valence electrons. The van der Waals surface area contributed by atoms with E-state index in [2.05, 4.69) is 4.98 Å². The first-order valence-corrected chi connectivity index (χ1v) is 3.41. The van der Waals surface area contributed by atoms with Gasteiger partial charge in [-0.3, -0.25) is 0 Å². The predicted molar refractivity (Wildman–Crippen MR) is 40.5 cm³/mol. The van der Waals surface area contributed by atoms with Crippen LogP contribution in [0.5, 0.6) is 0 Å².